The molecule has 0 fully saturated rings. The van der Waals surface area contributed by atoms with E-state index in [1.807, 2.05) is 0 Å². The Balaban J connectivity index is 2.93. The molecular formula is C23H47F. The van der Waals surface area contributed by atoms with Gasteiger partial charge in [-0.3, -0.25) is 4.39 Å². The molecule has 0 aromatic rings. The minimum absolute atomic E-state index is 0.126. The number of hydrogen-bond acceptors (Lipinski definition) is 0. The number of unbranched alkanes of at least 4 members (excludes halogenated alkanes) is 20. The topological polar surface area (TPSA) is 0 Å². The van der Waals surface area contributed by atoms with Gasteiger partial charge in [-0.25, -0.2) is 0 Å². The zero-order chi connectivity index (χ0) is 17.6. The summed E-state index contributed by atoms with van der Waals surface area (Å²) in [5, 5.41) is 0. The molecule has 0 bridgehead atoms. The first kappa shape index (κ1) is 23.9. The van der Waals surface area contributed by atoms with Crippen LogP contribution < -0.4 is 0 Å². The lowest BCUT2D eigenvalue weighted by atomic mass is 10.0. The van der Waals surface area contributed by atoms with Crippen molar-refractivity contribution in [2.45, 2.75) is 142 Å². The Hall–Kier alpha value is -0.0700. The fourth-order valence-corrected chi connectivity index (χ4v) is 3.53. The first-order valence-corrected chi connectivity index (χ1v) is 11.5. The van der Waals surface area contributed by atoms with Crippen molar-refractivity contribution in [2.75, 3.05) is 6.67 Å². The van der Waals surface area contributed by atoms with Gasteiger partial charge in [0.15, 0.2) is 0 Å². The van der Waals surface area contributed by atoms with E-state index in [-0.39, 0.29) is 6.67 Å². The highest BCUT2D eigenvalue weighted by Crippen LogP contribution is 2.14. The molecule has 0 nitrogen and oxygen atoms in total. The summed E-state index contributed by atoms with van der Waals surface area (Å²) in [5.74, 6) is 0. The van der Waals surface area contributed by atoms with E-state index in [0.717, 1.165) is 12.8 Å². The van der Waals surface area contributed by atoms with Crippen molar-refractivity contribution in [2.24, 2.45) is 0 Å². The van der Waals surface area contributed by atoms with Crippen LogP contribution >= 0.6 is 0 Å². The highest BCUT2D eigenvalue weighted by atomic mass is 19.1. The summed E-state index contributed by atoms with van der Waals surface area (Å²) >= 11 is 0. The minimum Gasteiger partial charge on any atom is -0.251 e. The molecule has 146 valence electrons. The summed E-state index contributed by atoms with van der Waals surface area (Å²) in [6.45, 7) is 2.16. The van der Waals surface area contributed by atoms with Crippen LogP contribution in [0.25, 0.3) is 0 Å². The van der Waals surface area contributed by atoms with Crippen LogP contribution in [-0.4, -0.2) is 6.67 Å². The fraction of sp³-hybridized carbons (Fsp3) is 1.00. The summed E-state index contributed by atoms with van der Waals surface area (Å²) in [6.07, 6.45) is 28.9. The second kappa shape index (κ2) is 22.9. The van der Waals surface area contributed by atoms with Gasteiger partial charge in [-0.1, -0.05) is 135 Å². The van der Waals surface area contributed by atoms with E-state index in [1.54, 1.807) is 0 Å². The molecule has 0 N–H and O–H groups in total. The monoisotopic (exact) mass is 342 g/mol. The molecule has 0 aliphatic rings. The highest BCUT2D eigenvalue weighted by Gasteiger charge is 1.95. The third-order valence-electron chi connectivity index (χ3n) is 5.24. The largest absolute Gasteiger partial charge is 0.251 e. The molecule has 0 aromatic carbocycles. The van der Waals surface area contributed by atoms with E-state index in [4.69, 9.17) is 0 Å². The van der Waals surface area contributed by atoms with Crippen LogP contribution in [0.1, 0.15) is 142 Å². The van der Waals surface area contributed by atoms with E-state index in [9.17, 15) is 4.39 Å². The molecule has 0 spiro atoms. The van der Waals surface area contributed by atoms with Crippen molar-refractivity contribution in [3.05, 3.63) is 0 Å². The normalized spacial score (nSPS) is 11.2. The summed E-state index contributed by atoms with van der Waals surface area (Å²) < 4.78 is 11.9. The molecule has 0 atom stereocenters. The lowest BCUT2D eigenvalue weighted by molar-refractivity contribution is 0.448. The lowest BCUT2D eigenvalue weighted by Crippen LogP contribution is -1.84. The highest BCUT2D eigenvalue weighted by molar-refractivity contribution is 4.50. The Bertz CT molecular complexity index is 180. The SMILES string of the molecule is CCCCCCCCCCCCCCCCCCCCCCCF. The standard InChI is InChI=1S/C23H47F/c1-2-3-4-5-6-7-8-9-10-11-12-13-14-15-16-17-18-19-20-21-22-23-24/h2-23H2,1H3. The van der Waals surface area contributed by atoms with Gasteiger partial charge in [-0.05, 0) is 6.42 Å². The second-order valence-corrected chi connectivity index (χ2v) is 7.76. The number of alkyl halides is 1. The second-order valence-electron chi connectivity index (χ2n) is 7.76. The molecule has 24 heavy (non-hydrogen) atoms. The van der Waals surface area contributed by atoms with Gasteiger partial charge in [-0.15, -0.1) is 0 Å². The third-order valence-corrected chi connectivity index (χ3v) is 5.24. The van der Waals surface area contributed by atoms with Crippen molar-refractivity contribution in [1.29, 1.82) is 0 Å². The summed E-state index contributed by atoms with van der Waals surface area (Å²) in [5.41, 5.74) is 0. The molecule has 0 aliphatic carbocycles. The summed E-state index contributed by atoms with van der Waals surface area (Å²) in [7, 11) is 0. The molecule has 0 unspecified atom stereocenters. The maximum Gasteiger partial charge on any atom is 0.0894 e. The molecule has 0 aliphatic heterocycles. The Morgan fingerprint density at radius 3 is 0.750 bits per heavy atom. The van der Waals surface area contributed by atoms with Gasteiger partial charge in [0.25, 0.3) is 0 Å². The number of rotatable bonds is 21. The van der Waals surface area contributed by atoms with Gasteiger partial charge in [-0.2, -0.15) is 0 Å². The number of halogens is 1. The number of hydrogen-bond donors (Lipinski definition) is 0. The third kappa shape index (κ3) is 21.9. The van der Waals surface area contributed by atoms with Crippen molar-refractivity contribution in [3.63, 3.8) is 0 Å². The first-order valence-electron chi connectivity index (χ1n) is 11.5. The molecule has 0 radical (unpaired) electrons. The Morgan fingerprint density at radius 1 is 0.333 bits per heavy atom. The summed E-state index contributed by atoms with van der Waals surface area (Å²) in [4.78, 5) is 0. The Labute approximate surface area is 153 Å². The van der Waals surface area contributed by atoms with Gasteiger partial charge in [0, 0.05) is 0 Å². The average Bonchev–Trinajstić information content (AvgIpc) is 2.60. The van der Waals surface area contributed by atoms with Crippen LogP contribution in [0.3, 0.4) is 0 Å². The van der Waals surface area contributed by atoms with Crippen LogP contribution in [0, 0.1) is 0 Å². The molecule has 0 amide bonds. The van der Waals surface area contributed by atoms with Gasteiger partial charge >= 0.3 is 0 Å². The Morgan fingerprint density at radius 2 is 0.542 bits per heavy atom. The van der Waals surface area contributed by atoms with E-state index in [0.29, 0.717) is 0 Å². The molecule has 0 heterocycles. The van der Waals surface area contributed by atoms with Crippen molar-refractivity contribution < 1.29 is 4.39 Å². The quantitative estimate of drug-likeness (QED) is 0.182. The average molecular weight is 343 g/mol. The van der Waals surface area contributed by atoms with Crippen molar-refractivity contribution in [1.82, 2.24) is 0 Å². The van der Waals surface area contributed by atoms with Gasteiger partial charge in [0.1, 0.15) is 0 Å². The smallest absolute Gasteiger partial charge is 0.0894 e. The molecule has 1 heteroatoms. The van der Waals surface area contributed by atoms with E-state index < -0.39 is 0 Å². The summed E-state index contributed by atoms with van der Waals surface area (Å²) in [6, 6.07) is 0. The molecule has 0 saturated heterocycles. The fourth-order valence-electron chi connectivity index (χ4n) is 3.53. The maximum absolute atomic E-state index is 11.9. The van der Waals surface area contributed by atoms with Crippen molar-refractivity contribution >= 4 is 0 Å². The van der Waals surface area contributed by atoms with Crippen LogP contribution in [0.4, 0.5) is 4.39 Å². The van der Waals surface area contributed by atoms with Gasteiger partial charge < -0.3 is 0 Å². The van der Waals surface area contributed by atoms with Gasteiger partial charge in [0.05, 0.1) is 6.67 Å². The van der Waals surface area contributed by atoms with E-state index >= 15 is 0 Å². The Kier molecular flexibility index (Phi) is 22.9. The maximum atomic E-state index is 11.9. The van der Waals surface area contributed by atoms with Gasteiger partial charge in [0.2, 0.25) is 0 Å². The molecule has 0 saturated carbocycles. The predicted molar refractivity (Wildman–Crippen MR) is 109 cm³/mol. The molecule has 0 rings (SSSR count). The first-order chi connectivity index (χ1) is 11.9. The zero-order valence-electron chi connectivity index (χ0n) is 16.9. The van der Waals surface area contributed by atoms with Crippen LogP contribution in [0.2, 0.25) is 0 Å². The van der Waals surface area contributed by atoms with Crippen LogP contribution in [0.15, 0.2) is 0 Å². The molecular weight excluding hydrogens is 295 g/mol. The molecule has 0 aromatic heterocycles. The zero-order valence-corrected chi connectivity index (χ0v) is 16.9. The van der Waals surface area contributed by atoms with Crippen LogP contribution in [0.5, 0.6) is 0 Å². The van der Waals surface area contributed by atoms with E-state index in [2.05, 4.69) is 6.92 Å². The predicted octanol–water partition coefficient (Wildman–Crippen LogP) is 9.17. The van der Waals surface area contributed by atoms with Crippen molar-refractivity contribution in [3.8, 4) is 0 Å². The van der Waals surface area contributed by atoms with E-state index in [1.165, 1.54) is 122 Å². The minimum atomic E-state index is -0.126. The lowest BCUT2D eigenvalue weighted by Gasteiger charge is -2.04. The van der Waals surface area contributed by atoms with Crippen LogP contribution in [-0.2, 0) is 0 Å².